The molecule has 1 amide bonds. The highest BCUT2D eigenvalue weighted by molar-refractivity contribution is 7.09. The predicted octanol–water partition coefficient (Wildman–Crippen LogP) is 3.52. The lowest BCUT2D eigenvalue weighted by Gasteiger charge is -2.21. The van der Waals surface area contributed by atoms with Gasteiger partial charge >= 0.3 is 6.18 Å². The number of aromatic nitrogens is 1. The lowest BCUT2D eigenvalue weighted by Crippen LogP contribution is -2.45. The smallest absolute Gasteiger partial charge is 0.346 e. The highest BCUT2D eigenvalue weighted by Crippen LogP contribution is 2.32. The van der Waals surface area contributed by atoms with Gasteiger partial charge in [-0.3, -0.25) is 4.79 Å². The van der Waals surface area contributed by atoms with E-state index in [4.69, 9.17) is 5.73 Å². The van der Waals surface area contributed by atoms with Crippen LogP contribution in [0.5, 0.6) is 0 Å². The summed E-state index contributed by atoms with van der Waals surface area (Å²) in [6.45, 7) is 5.55. The molecule has 1 rings (SSSR count). The molecule has 0 spiro atoms. The van der Waals surface area contributed by atoms with Gasteiger partial charge in [0.15, 0.2) is 5.69 Å². The van der Waals surface area contributed by atoms with Gasteiger partial charge < -0.3 is 11.1 Å². The molecule has 0 radical (unpaired) electrons. The van der Waals surface area contributed by atoms with E-state index < -0.39 is 24.0 Å². The molecule has 0 saturated heterocycles. The van der Waals surface area contributed by atoms with Gasteiger partial charge in [-0.2, -0.15) is 13.2 Å². The van der Waals surface area contributed by atoms with Crippen LogP contribution in [0.1, 0.15) is 50.4 Å². The van der Waals surface area contributed by atoms with E-state index in [2.05, 4.69) is 10.3 Å². The van der Waals surface area contributed by atoms with Crippen LogP contribution in [-0.2, 0) is 11.0 Å². The molecule has 1 heterocycles. The molecule has 0 aromatic carbocycles. The number of nitrogens with one attached hydrogen (secondary N) is 1. The number of alkyl halides is 3. The van der Waals surface area contributed by atoms with E-state index in [1.807, 2.05) is 13.8 Å². The maximum absolute atomic E-state index is 12.5. The highest BCUT2D eigenvalue weighted by atomic mass is 35.5. The third kappa shape index (κ3) is 5.40. The largest absolute Gasteiger partial charge is 0.434 e. The quantitative estimate of drug-likeness (QED) is 0.816. The van der Waals surface area contributed by atoms with E-state index in [1.165, 1.54) is 0 Å². The first kappa shape index (κ1) is 21.1. The number of rotatable bonds is 6. The molecule has 1 aromatic heterocycles. The van der Waals surface area contributed by atoms with Crippen molar-refractivity contribution in [2.24, 2.45) is 11.7 Å². The topological polar surface area (TPSA) is 68.0 Å². The molecule has 3 N–H and O–H groups in total. The molecule has 0 aliphatic carbocycles. The molecule has 3 unspecified atom stereocenters. The van der Waals surface area contributed by atoms with Crippen molar-refractivity contribution in [1.82, 2.24) is 10.3 Å². The Bertz CT molecular complexity index is 481. The van der Waals surface area contributed by atoms with E-state index in [0.717, 1.165) is 23.1 Å². The molecule has 0 aliphatic rings. The number of thiazole rings is 1. The second-order valence-electron chi connectivity index (χ2n) is 4.95. The summed E-state index contributed by atoms with van der Waals surface area (Å²) >= 11 is 0.890. The van der Waals surface area contributed by atoms with Gasteiger partial charge in [0.05, 0.1) is 12.1 Å². The molecule has 0 bridgehead atoms. The second-order valence-corrected chi connectivity index (χ2v) is 5.84. The normalized spacial score (nSPS) is 15.6. The highest BCUT2D eigenvalue weighted by Gasteiger charge is 2.34. The standard InChI is InChI=1S/C13H20F3N3OS.ClH/c1-4-7(3)10(17)11(20)18-8(5-2)12-19-9(6-21-12)13(14,15)16;/h6-8,10H,4-5,17H2,1-3H3,(H,18,20);1H. The first-order valence-corrected chi connectivity index (χ1v) is 7.67. The number of halogens is 4. The summed E-state index contributed by atoms with van der Waals surface area (Å²) in [5.74, 6) is -0.357. The Morgan fingerprint density at radius 3 is 2.41 bits per heavy atom. The van der Waals surface area contributed by atoms with Gasteiger partial charge in [-0.25, -0.2) is 4.98 Å². The fraction of sp³-hybridized carbons (Fsp3) is 0.692. The molecule has 0 saturated carbocycles. The van der Waals surface area contributed by atoms with Crippen LogP contribution in [0.15, 0.2) is 5.38 Å². The molecule has 4 nitrogen and oxygen atoms in total. The van der Waals surface area contributed by atoms with Crippen LogP contribution in [0.2, 0.25) is 0 Å². The fourth-order valence-electron chi connectivity index (χ4n) is 1.70. The Hall–Kier alpha value is -0.860. The van der Waals surface area contributed by atoms with E-state index >= 15 is 0 Å². The Morgan fingerprint density at radius 1 is 1.41 bits per heavy atom. The van der Waals surface area contributed by atoms with E-state index in [-0.39, 0.29) is 29.2 Å². The van der Waals surface area contributed by atoms with Crippen LogP contribution in [0.3, 0.4) is 0 Å². The molecular weight excluding hydrogens is 339 g/mol. The summed E-state index contributed by atoms with van der Waals surface area (Å²) in [5.41, 5.74) is 4.89. The molecular formula is C13H21ClF3N3OS. The lowest BCUT2D eigenvalue weighted by atomic mass is 9.99. The van der Waals surface area contributed by atoms with E-state index in [9.17, 15) is 18.0 Å². The first-order chi connectivity index (χ1) is 9.70. The first-order valence-electron chi connectivity index (χ1n) is 6.79. The van der Waals surface area contributed by atoms with Crippen LogP contribution < -0.4 is 11.1 Å². The number of hydrogen-bond donors (Lipinski definition) is 2. The zero-order valence-corrected chi connectivity index (χ0v) is 14.2. The minimum absolute atomic E-state index is 0. The third-order valence-corrected chi connectivity index (χ3v) is 4.35. The molecule has 0 aliphatic heterocycles. The Morgan fingerprint density at radius 2 is 2.00 bits per heavy atom. The van der Waals surface area contributed by atoms with Gasteiger partial charge in [0.1, 0.15) is 5.01 Å². The van der Waals surface area contributed by atoms with Gasteiger partial charge in [-0.05, 0) is 12.3 Å². The Kier molecular flexibility index (Phi) is 8.35. The molecule has 0 fully saturated rings. The Balaban J connectivity index is 0.00000441. The molecule has 1 aromatic rings. The predicted molar refractivity (Wildman–Crippen MR) is 83.0 cm³/mol. The summed E-state index contributed by atoms with van der Waals surface area (Å²) in [5, 5.41) is 3.88. The van der Waals surface area contributed by atoms with Crippen LogP contribution in [-0.4, -0.2) is 16.9 Å². The van der Waals surface area contributed by atoms with Gasteiger partial charge in [-0.1, -0.05) is 27.2 Å². The maximum Gasteiger partial charge on any atom is 0.434 e. The van der Waals surface area contributed by atoms with Crippen molar-refractivity contribution in [2.75, 3.05) is 0 Å². The van der Waals surface area contributed by atoms with Crippen molar-refractivity contribution in [3.8, 4) is 0 Å². The minimum atomic E-state index is -4.47. The average Bonchev–Trinajstić information content (AvgIpc) is 2.92. The summed E-state index contributed by atoms with van der Waals surface area (Å²) in [4.78, 5) is 15.6. The maximum atomic E-state index is 12.5. The van der Waals surface area contributed by atoms with Gasteiger partial charge in [-0.15, -0.1) is 23.7 Å². The fourth-order valence-corrected chi connectivity index (χ4v) is 2.66. The number of amides is 1. The molecule has 3 atom stereocenters. The molecule has 9 heteroatoms. The monoisotopic (exact) mass is 359 g/mol. The zero-order valence-electron chi connectivity index (χ0n) is 12.6. The van der Waals surface area contributed by atoms with Crippen molar-refractivity contribution in [3.05, 3.63) is 16.1 Å². The van der Waals surface area contributed by atoms with Crippen molar-refractivity contribution in [1.29, 1.82) is 0 Å². The van der Waals surface area contributed by atoms with Gasteiger partial charge in [0.25, 0.3) is 0 Å². The number of nitrogens with two attached hydrogens (primary N) is 1. The Labute approximate surface area is 138 Å². The number of hydrogen-bond acceptors (Lipinski definition) is 4. The summed E-state index contributed by atoms with van der Waals surface area (Å²) in [7, 11) is 0. The lowest BCUT2D eigenvalue weighted by molar-refractivity contribution is -0.140. The van der Waals surface area contributed by atoms with Crippen LogP contribution in [0.4, 0.5) is 13.2 Å². The molecule has 22 heavy (non-hydrogen) atoms. The molecule has 128 valence electrons. The summed E-state index contributed by atoms with van der Waals surface area (Å²) < 4.78 is 37.6. The third-order valence-electron chi connectivity index (χ3n) is 3.39. The van der Waals surface area contributed by atoms with Crippen molar-refractivity contribution >= 4 is 29.7 Å². The van der Waals surface area contributed by atoms with Gasteiger partial charge in [0, 0.05) is 5.38 Å². The van der Waals surface area contributed by atoms with E-state index in [1.54, 1.807) is 6.92 Å². The van der Waals surface area contributed by atoms with Crippen LogP contribution in [0, 0.1) is 5.92 Å². The SMILES string of the molecule is CCC(NC(=O)C(N)C(C)CC)c1nc(C(F)(F)F)cs1.Cl. The van der Waals surface area contributed by atoms with Crippen molar-refractivity contribution in [3.63, 3.8) is 0 Å². The van der Waals surface area contributed by atoms with Gasteiger partial charge in [0.2, 0.25) is 5.91 Å². The average molecular weight is 360 g/mol. The van der Waals surface area contributed by atoms with Crippen LogP contribution >= 0.6 is 23.7 Å². The van der Waals surface area contributed by atoms with Crippen LogP contribution in [0.25, 0.3) is 0 Å². The second kappa shape index (κ2) is 8.69. The van der Waals surface area contributed by atoms with Crippen molar-refractivity contribution < 1.29 is 18.0 Å². The number of carbonyl (C=O) groups is 1. The number of carbonyl (C=O) groups excluding carboxylic acids is 1. The zero-order chi connectivity index (χ0) is 16.2. The summed E-state index contributed by atoms with van der Waals surface area (Å²) in [6, 6.07) is -1.22. The van der Waals surface area contributed by atoms with Crippen molar-refractivity contribution in [2.45, 2.75) is 51.9 Å². The van der Waals surface area contributed by atoms with E-state index in [0.29, 0.717) is 6.42 Å². The minimum Gasteiger partial charge on any atom is -0.346 e. The summed E-state index contributed by atoms with van der Waals surface area (Å²) in [6.07, 6.45) is -3.27. The number of nitrogens with zero attached hydrogens (tertiary/aromatic N) is 1.